The molecular weight excluding hydrogens is 355 g/mol. The molecule has 2 aliphatic heterocycles. The van der Waals surface area contributed by atoms with E-state index in [1.54, 1.807) is 6.07 Å². The van der Waals surface area contributed by atoms with E-state index in [1.165, 1.54) is 31.4 Å². The summed E-state index contributed by atoms with van der Waals surface area (Å²) < 4.78 is 38.7. The number of hydrogen-bond acceptors (Lipinski definition) is 3. The second-order valence-electron chi connectivity index (χ2n) is 7.46. The van der Waals surface area contributed by atoms with Gasteiger partial charge < -0.3 is 9.80 Å². The standard InChI is InChI=1S/C20H28F3N3O/c21-20(22,23)17-7-6-8-18(15-17)25-13-11-24(12-14-25)16-19(27)26-9-4-2-1-3-5-10-26/h6-8,15H,1-5,9-14,16H2. The van der Waals surface area contributed by atoms with Crippen LogP contribution in [0.1, 0.15) is 37.7 Å². The summed E-state index contributed by atoms with van der Waals surface area (Å²) in [5, 5.41) is 0. The lowest BCUT2D eigenvalue weighted by Crippen LogP contribution is -2.50. The van der Waals surface area contributed by atoms with Crippen molar-refractivity contribution in [2.45, 2.75) is 38.3 Å². The number of hydrogen-bond donors (Lipinski definition) is 0. The third kappa shape index (κ3) is 5.61. The summed E-state index contributed by atoms with van der Waals surface area (Å²) >= 11 is 0. The van der Waals surface area contributed by atoms with Crippen LogP contribution in [0.2, 0.25) is 0 Å². The lowest BCUT2D eigenvalue weighted by atomic mass is 10.1. The van der Waals surface area contributed by atoms with Gasteiger partial charge in [-0.2, -0.15) is 13.2 Å². The second kappa shape index (κ2) is 8.95. The van der Waals surface area contributed by atoms with E-state index in [4.69, 9.17) is 0 Å². The van der Waals surface area contributed by atoms with Gasteiger partial charge >= 0.3 is 6.18 Å². The fourth-order valence-electron chi connectivity index (χ4n) is 3.83. The molecule has 0 spiro atoms. The van der Waals surface area contributed by atoms with Gasteiger partial charge in [-0.15, -0.1) is 0 Å². The van der Waals surface area contributed by atoms with Gasteiger partial charge in [0.2, 0.25) is 5.91 Å². The molecule has 0 aliphatic carbocycles. The number of anilines is 1. The number of likely N-dealkylation sites (tertiary alicyclic amines) is 1. The monoisotopic (exact) mass is 383 g/mol. The minimum atomic E-state index is -4.32. The van der Waals surface area contributed by atoms with E-state index in [9.17, 15) is 18.0 Å². The molecule has 4 nitrogen and oxygen atoms in total. The zero-order chi connectivity index (χ0) is 19.3. The average molecular weight is 383 g/mol. The smallest absolute Gasteiger partial charge is 0.369 e. The van der Waals surface area contributed by atoms with Gasteiger partial charge in [-0.05, 0) is 31.0 Å². The predicted octanol–water partition coefficient (Wildman–Crippen LogP) is 3.62. The van der Waals surface area contributed by atoms with Crippen molar-refractivity contribution in [2.75, 3.05) is 50.7 Å². The first kappa shape index (κ1) is 20.0. The van der Waals surface area contributed by atoms with Crippen molar-refractivity contribution in [3.05, 3.63) is 29.8 Å². The van der Waals surface area contributed by atoms with Gasteiger partial charge in [-0.1, -0.05) is 25.3 Å². The van der Waals surface area contributed by atoms with Crippen LogP contribution in [-0.2, 0) is 11.0 Å². The summed E-state index contributed by atoms with van der Waals surface area (Å²) in [5.74, 6) is 0.185. The Hall–Kier alpha value is -1.76. The lowest BCUT2D eigenvalue weighted by Gasteiger charge is -2.37. The maximum Gasteiger partial charge on any atom is 0.416 e. The molecule has 150 valence electrons. The topological polar surface area (TPSA) is 26.8 Å². The SMILES string of the molecule is O=C(CN1CCN(c2cccc(C(F)(F)F)c2)CC1)N1CCCCCCC1. The zero-order valence-corrected chi connectivity index (χ0v) is 15.7. The second-order valence-corrected chi connectivity index (χ2v) is 7.46. The zero-order valence-electron chi connectivity index (χ0n) is 15.7. The molecular formula is C20H28F3N3O. The molecule has 3 rings (SSSR count). The van der Waals surface area contributed by atoms with Crippen molar-refractivity contribution in [3.63, 3.8) is 0 Å². The van der Waals surface area contributed by atoms with Crippen LogP contribution in [0.25, 0.3) is 0 Å². The highest BCUT2D eigenvalue weighted by Gasteiger charge is 2.31. The average Bonchev–Trinajstić information content (AvgIpc) is 2.61. The summed E-state index contributed by atoms with van der Waals surface area (Å²) in [6.07, 6.45) is 1.48. The van der Waals surface area contributed by atoms with Crippen LogP contribution >= 0.6 is 0 Å². The van der Waals surface area contributed by atoms with Crippen molar-refractivity contribution in [2.24, 2.45) is 0 Å². The molecule has 0 bridgehead atoms. The van der Waals surface area contributed by atoms with Crippen molar-refractivity contribution < 1.29 is 18.0 Å². The molecule has 2 saturated heterocycles. The van der Waals surface area contributed by atoms with Crippen molar-refractivity contribution in [1.29, 1.82) is 0 Å². The Morgan fingerprint density at radius 3 is 2.15 bits per heavy atom. The Morgan fingerprint density at radius 1 is 0.889 bits per heavy atom. The molecule has 0 radical (unpaired) electrons. The molecule has 0 saturated carbocycles. The lowest BCUT2D eigenvalue weighted by molar-refractivity contribution is -0.137. The van der Waals surface area contributed by atoms with E-state index < -0.39 is 11.7 Å². The summed E-state index contributed by atoms with van der Waals surface area (Å²) in [6.45, 7) is 4.76. The van der Waals surface area contributed by atoms with Crippen LogP contribution in [0, 0.1) is 0 Å². The maximum absolute atomic E-state index is 12.9. The van der Waals surface area contributed by atoms with Gasteiger partial charge in [0, 0.05) is 45.0 Å². The van der Waals surface area contributed by atoms with E-state index in [-0.39, 0.29) is 5.91 Å². The number of halogens is 3. The molecule has 0 N–H and O–H groups in total. The molecule has 1 aromatic carbocycles. The summed E-state index contributed by atoms with van der Waals surface area (Å²) in [7, 11) is 0. The minimum Gasteiger partial charge on any atom is -0.369 e. The molecule has 7 heteroatoms. The number of amides is 1. The number of nitrogens with zero attached hydrogens (tertiary/aromatic N) is 3. The predicted molar refractivity (Wildman–Crippen MR) is 99.8 cm³/mol. The van der Waals surface area contributed by atoms with Crippen LogP contribution in [0.3, 0.4) is 0 Å². The van der Waals surface area contributed by atoms with Crippen molar-refractivity contribution in [3.8, 4) is 0 Å². The van der Waals surface area contributed by atoms with E-state index in [1.807, 2.05) is 9.80 Å². The quantitative estimate of drug-likeness (QED) is 0.798. The summed E-state index contributed by atoms with van der Waals surface area (Å²) in [5.41, 5.74) is -0.0192. The van der Waals surface area contributed by atoms with E-state index in [0.29, 0.717) is 38.4 Å². The first-order valence-electron chi connectivity index (χ1n) is 9.86. The van der Waals surface area contributed by atoms with Crippen molar-refractivity contribution >= 4 is 11.6 Å². The van der Waals surface area contributed by atoms with Crippen LogP contribution in [0.4, 0.5) is 18.9 Å². The first-order valence-corrected chi connectivity index (χ1v) is 9.86. The molecule has 0 atom stereocenters. The Balaban J connectivity index is 1.51. The minimum absolute atomic E-state index is 0.185. The number of carbonyl (C=O) groups is 1. The number of benzene rings is 1. The molecule has 2 fully saturated rings. The fourth-order valence-corrected chi connectivity index (χ4v) is 3.83. The first-order chi connectivity index (χ1) is 12.9. The van der Waals surface area contributed by atoms with Crippen LogP contribution in [0.5, 0.6) is 0 Å². The Bertz CT molecular complexity index is 619. The number of piperazine rings is 1. The third-order valence-electron chi connectivity index (χ3n) is 5.48. The summed E-state index contributed by atoms with van der Waals surface area (Å²) in [6, 6.07) is 5.48. The largest absolute Gasteiger partial charge is 0.416 e. The Morgan fingerprint density at radius 2 is 1.52 bits per heavy atom. The fraction of sp³-hybridized carbons (Fsp3) is 0.650. The molecule has 1 amide bonds. The summed E-state index contributed by atoms with van der Waals surface area (Å²) in [4.78, 5) is 18.6. The number of alkyl halides is 3. The highest BCUT2D eigenvalue weighted by molar-refractivity contribution is 5.78. The van der Waals surface area contributed by atoms with E-state index >= 15 is 0 Å². The highest BCUT2D eigenvalue weighted by Crippen LogP contribution is 2.31. The van der Waals surface area contributed by atoms with Gasteiger partial charge in [0.1, 0.15) is 0 Å². The van der Waals surface area contributed by atoms with E-state index in [2.05, 4.69) is 4.90 Å². The van der Waals surface area contributed by atoms with Crippen LogP contribution in [-0.4, -0.2) is 61.5 Å². The van der Waals surface area contributed by atoms with Gasteiger partial charge in [0.15, 0.2) is 0 Å². The van der Waals surface area contributed by atoms with Gasteiger partial charge in [0.25, 0.3) is 0 Å². The third-order valence-corrected chi connectivity index (χ3v) is 5.48. The normalized spacial score (nSPS) is 20.3. The Labute approximate surface area is 158 Å². The highest BCUT2D eigenvalue weighted by atomic mass is 19.4. The van der Waals surface area contributed by atoms with E-state index in [0.717, 1.165) is 32.0 Å². The molecule has 2 heterocycles. The molecule has 1 aromatic rings. The van der Waals surface area contributed by atoms with Crippen LogP contribution < -0.4 is 4.90 Å². The molecule has 0 aromatic heterocycles. The number of rotatable bonds is 3. The molecule has 2 aliphatic rings. The van der Waals surface area contributed by atoms with Gasteiger partial charge in [-0.25, -0.2) is 0 Å². The molecule has 0 unspecified atom stereocenters. The van der Waals surface area contributed by atoms with Gasteiger partial charge in [0.05, 0.1) is 12.1 Å². The number of carbonyl (C=O) groups excluding carboxylic acids is 1. The Kier molecular flexibility index (Phi) is 6.63. The van der Waals surface area contributed by atoms with Gasteiger partial charge in [-0.3, -0.25) is 9.69 Å². The molecule has 27 heavy (non-hydrogen) atoms. The van der Waals surface area contributed by atoms with Crippen LogP contribution in [0.15, 0.2) is 24.3 Å². The van der Waals surface area contributed by atoms with Crippen molar-refractivity contribution in [1.82, 2.24) is 9.80 Å². The maximum atomic E-state index is 12.9.